The third kappa shape index (κ3) is 2.34. The van der Waals surface area contributed by atoms with E-state index in [1.807, 2.05) is 6.92 Å². The molecule has 82 valence electrons. The Morgan fingerprint density at radius 3 is 2.56 bits per heavy atom. The van der Waals surface area contributed by atoms with Crippen LogP contribution in [-0.2, 0) is 0 Å². The van der Waals surface area contributed by atoms with Crippen molar-refractivity contribution in [1.29, 1.82) is 0 Å². The Kier molecular flexibility index (Phi) is 2.81. The molecule has 0 unspecified atom stereocenters. The topological polar surface area (TPSA) is 35.0 Å². The van der Waals surface area contributed by atoms with Crippen molar-refractivity contribution in [3.05, 3.63) is 47.7 Å². The quantitative estimate of drug-likeness (QED) is 0.777. The number of aromatic nitrogens is 2. The minimum atomic E-state index is -0.406. The summed E-state index contributed by atoms with van der Waals surface area (Å²) in [5.74, 6) is 0.720. The van der Waals surface area contributed by atoms with Gasteiger partial charge in [0.1, 0.15) is 5.82 Å². The highest BCUT2D eigenvalue weighted by Gasteiger charge is 2.05. The van der Waals surface area contributed by atoms with Crippen LogP contribution in [0.25, 0.3) is 0 Å². The third-order valence-electron chi connectivity index (χ3n) is 1.99. The van der Waals surface area contributed by atoms with Gasteiger partial charge in [0.2, 0.25) is 5.88 Å². The van der Waals surface area contributed by atoms with Crippen molar-refractivity contribution < 1.29 is 9.13 Å². The standard InChI is InChI=1S/C12H11FN2O/c1-8-7-12(15-9(2)14-8)16-11-6-4-3-5-10(11)13/h3-7H,1-2H3. The summed E-state index contributed by atoms with van der Waals surface area (Å²) >= 11 is 0. The summed E-state index contributed by atoms with van der Waals surface area (Å²) in [7, 11) is 0. The highest BCUT2D eigenvalue weighted by Crippen LogP contribution is 2.22. The smallest absolute Gasteiger partial charge is 0.222 e. The van der Waals surface area contributed by atoms with Crippen LogP contribution in [-0.4, -0.2) is 9.97 Å². The molecule has 0 saturated heterocycles. The number of aryl methyl sites for hydroxylation is 2. The van der Waals surface area contributed by atoms with Crippen LogP contribution in [0.5, 0.6) is 11.6 Å². The fourth-order valence-corrected chi connectivity index (χ4v) is 1.38. The number of halogens is 1. The number of rotatable bonds is 2. The molecule has 1 aromatic heterocycles. The molecule has 3 nitrogen and oxygen atoms in total. The number of hydrogen-bond acceptors (Lipinski definition) is 3. The molecule has 16 heavy (non-hydrogen) atoms. The van der Waals surface area contributed by atoms with Gasteiger partial charge in [0, 0.05) is 11.8 Å². The summed E-state index contributed by atoms with van der Waals surface area (Å²) in [5.41, 5.74) is 0.791. The summed E-state index contributed by atoms with van der Waals surface area (Å²) < 4.78 is 18.7. The molecular formula is C12H11FN2O. The van der Waals surface area contributed by atoms with E-state index in [1.165, 1.54) is 6.07 Å². The second kappa shape index (κ2) is 4.26. The lowest BCUT2D eigenvalue weighted by Gasteiger charge is -2.06. The average Bonchev–Trinajstić information content (AvgIpc) is 2.20. The van der Waals surface area contributed by atoms with E-state index in [-0.39, 0.29) is 5.75 Å². The van der Waals surface area contributed by atoms with Crippen LogP contribution >= 0.6 is 0 Å². The Labute approximate surface area is 92.9 Å². The van der Waals surface area contributed by atoms with Crippen LogP contribution in [0.2, 0.25) is 0 Å². The van der Waals surface area contributed by atoms with Crippen molar-refractivity contribution in [1.82, 2.24) is 9.97 Å². The minimum Gasteiger partial charge on any atom is -0.436 e. The van der Waals surface area contributed by atoms with Gasteiger partial charge in [-0.15, -0.1) is 0 Å². The van der Waals surface area contributed by atoms with E-state index in [1.54, 1.807) is 31.2 Å². The van der Waals surface area contributed by atoms with Crippen LogP contribution in [0, 0.1) is 19.7 Å². The van der Waals surface area contributed by atoms with Crippen molar-refractivity contribution in [2.45, 2.75) is 13.8 Å². The van der Waals surface area contributed by atoms with Crippen LogP contribution in [0.3, 0.4) is 0 Å². The molecule has 0 fully saturated rings. The Hall–Kier alpha value is -1.97. The monoisotopic (exact) mass is 218 g/mol. The van der Waals surface area contributed by atoms with Crippen molar-refractivity contribution in [3.8, 4) is 11.6 Å². The first-order valence-corrected chi connectivity index (χ1v) is 4.90. The van der Waals surface area contributed by atoms with E-state index in [0.717, 1.165) is 5.69 Å². The van der Waals surface area contributed by atoms with Crippen molar-refractivity contribution in [2.24, 2.45) is 0 Å². The Balaban J connectivity index is 2.30. The third-order valence-corrected chi connectivity index (χ3v) is 1.99. The molecule has 0 bridgehead atoms. The zero-order chi connectivity index (χ0) is 11.5. The van der Waals surface area contributed by atoms with E-state index in [4.69, 9.17) is 4.74 Å². The SMILES string of the molecule is Cc1cc(Oc2ccccc2F)nc(C)n1. The van der Waals surface area contributed by atoms with Gasteiger partial charge in [-0.25, -0.2) is 9.37 Å². The van der Waals surface area contributed by atoms with Gasteiger partial charge in [0.25, 0.3) is 0 Å². The summed E-state index contributed by atoms with van der Waals surface area (Å²) in [6, 6.07) is 7.88. The molecule has 1 heterocycles. The fourth-order valence-electron chi connectivity index (χ4n) is 1.38. The van der Waals surface area contributed by atoms with E-state index < -0.39 is 5.82 Å². The molecule has 0 N–H and O–H groups in total. The highest BCUT2D eigenvalue weighted by molar-refractivity contribution is 5.28. The van der Waals surface area contributed by atoms with Gasteiger partial charge >= 0.3 is 0 Å². The highest BCUT2D eigenvalue weighted by atomic mass is 19.1. The minimum absolute atomic E-state index is 0.167. The van der Waals surface area contributed by atoms with Gasteiger partial charge in [-0.3, -0.25) is 0 Å². The van der Waals surface area contributed by atoms with Gasteiger partial charge in [-0.05, 0) is 26.0 Å². The maximum atomic E-state index is 13.3. The van der Waals surface area contributed by atoms with Gasteiger partial charge < -0.3 is 4.74 Å². The number of benzene rings is 1. The molecule has 2 aromatic rings. The lowest BCUT2D eigenvalue weighted by molar-refractivity contribution is 0.424. The van der Waals surface area contributed by atoms with E-state index in [9.17, 15) is 4.39 Å². The number of hydrogen-bond donors (Lipinski definition) is 0. The molecule has 0 spiro atoms. The summed E-state index contributed by atoms with van der Waals surface area (Å²) in [4.78, 5) is 8.18. The first-order chi connectivity index (χ1) is 7.65. The second-order valence-electron chi connectivity index (χ2n) is 3.43. The predicted molar refractivity (Wildman–Crippen MR) is 58.0 cm³/mol. The molecule has 1 aromatic carbocycles. The lowest BCUT2D eigenvalue weighted by Crippen LogP contribution is -1.96. The Morgan fingerprint density at radius 1 is 1.12 bits per heavy atom. The van der Waals surface area contributed by atoms with E-state index in [2.05, 4.69) is 9.97 Å². The first kappa shape index (κ1) is 10.5. The van der Waals surface area contributed by atoms with Crippen LogP contribution in [0.4, 0.5) is 4.39 Å². The van der Waals surface area contributed by atoms with Gasteiger partial charge in [-0.1, -0.05) is 12.1 Å². The van der Waals surface area contributed by atoms with Crippen LogP contribution in [0.15, 0.2) is 30.3 Å². The zero-order valence-electron chi connectivity index (χ0n) is 9.07. The molecule has 2 rings (SSSR count). The molecule has 0 aliphatic rings. The second-order valence-corrected chi connectivity index (χ2v) is 3.43. The number of ether oxygens (including phenoxy) is 1. The molecule has 0 atom stereocenters. The first-order valence-electron chi connectivity index (χ1n) is 4.90. The van der Waals surface area contributed by atoms with E-state index in [0.29, 0.717) is 11.7 Å². The van der Waals surface area contributed by atoms with Crippen molar-refractivity contribution in [3.63, 3.8) is 0 Å². The van der Waals surface area contributed by atoms with Crippen molar-refractivity contribution in [2.75, 3.05) is 0 Å². The summed E-state index contributed by atoms with van der Waals surface area (Å²) in [6.07, 6.45) is 0. The molecule has 0 radical (unpaired) electrons. The molecule has 0 aliphatic carbocycles. The predicted octanol–water partition coefficient (Wildman–Crippen LogP) is 3.02. The molecule has 4 heteroatoms. The molecule has 0 amide bonds. The zero-order valence-corrected chi connectivity index (χ0v) is 9.07. The number of para-hydroxylation sites is 1. The van der Waals surface area contributed by atoms with Gasteiger partial charge in [0.05, 0.1) is 0 Å². The van der Waals surface area contributed by atoms with Gasteiger partial charge in [0.15, 0.2) is 11.6 Å². The number of nitrogens with zero attached hydrogens (tertiary/aromatic N) is 2. The van der Waals surface area contributed by atoms with Gasteiger partial charge in [-0.2, -0.15) is 4.98 Å². The van der Waals surface area contributed by atoms with Crippen LogP contribution in [0.1, 0.15) is 11.5 Å². The van der Waals surface area contributed by atoms with Crippen molar-refractivity contribution >= 4 is 0 Å². The fraction of sp³-hybridized carbons (Fsp3) is 0.167. The molecule has 0 aliphatic heterocycles. The lowest BCUT2D eigenvalue weighted by atomic mass is 10.3. The summed E-state index contributed by atoms with van der Waals surface area (Å²) in [6.45, 7) is 3.60. The summed E-state index contributed by atoms with van der Waals surface area (Å²) in [5, 5.41) is 0. The largest absolute Gasteiger partial charge is 0.436 e. The maximum absolute atomic E-state index is 13.3. The maximum Gasteiger partial charge on any atom is 0.222 e. The van der Waals surface area contributed by atoms with E-state index >= 15 is 0 Å². The normalized spacial score (nSPS) is 10.2. The van der Waals surface area contributed by atoms with Crippen LogP contribution < -0.4 is 4.74 Å². The Bertz CT molecular complexity index is 494. The Morgan fingerprint density at radius 2 is 1.88 bits per heavy atom. The molecule has 0 saturated carbocycles. The average molecular weight is 218 g/mol. The molecular weight excluding hydrogens is 207 g/mol.